The lowest BCUT2D eigenvalue weighted by molar-refractivity contribution is 0.0740. The van der Waals surface area contributed by atoms with Crippen molar-refractivity contribution < 1.29 is 4.79 Å². The fraction of sp³-hybridized carbons (Fsp3) is 0.450. The molecule has 6 heteroatoms. The average Bonchev–Trinajstić information content (AvgIpc) is 3.45. The number of amides is 1. The van der Waals surface area contributed by atoms with Crippen molar-refractivity contribution in [3.63, 3.8) is 0 Å². The van der Waals surface area contributed by atoms with Crippen molar-refractivity contribution in [2.45, 2.75) is 32.7 Å². The Morgan fingerprint density at radius 1 is 1.08 bits per heavy atom. The maximum Gasteiger partial charge on any atom is 0.272 e. The summed E-state index contributed by atoms with van der Waals surface area (Å²) in [4.78, 5) is 25.9. The number of carbonyl (C=O) groups is 1. The zero-order valence-electron chi connectivity index (χ0n) is 15.4. The highest BCUT2D eigenvalue weighted by atomic mass is 16.2. The first kappa shape index (κ1) is 16.8. The van der Waals surface area contributed by atoms with Gasteiger partial charge in [0.05, 0.1) is 0 Å². The second-order valence-corrected chi connectivity index (χ2v) is 7.22. The summed E-state index contributed by atoms with van der Waals surface area (Å²) in [5.74, 6) is 1.40. The van der Waals surface area contributed by atoms with Crippen molar-refractivity contribution >= 4 is 17.4 Å². The van der Waals surface area contributed by atoms with Gasteiger partial charge in [0.1, 0.15) is 17.3 Å². The zero-order valence-corrected chi connectivity index (χ0v) is 15.4. The molecule has 2 aliphatic rings. The van der Waals surface area contributed by atoms with E-state index in [1.54, 1.807) is 6.07 Å². The Hall–Kier alpha value is -2.63. The fourth-order valence-electron chi connectivity index (χ4n) is 3.34. The molecule has 1 saturated heterocycles. The highest BCUT2D eigenvalue weighted by Gasteiger charge is 2.25. The zero-order chi connectivity index (χ0) is 18.1. The Bertz CT molecular complexity index is 810. The van der Waals surface area contributed by atoms with Gasteiger partial charge < -0.3 is 15.1 Å². The molecular weight excluding hydrogens is 326 g/mol. The molecule has 6 nitrogen and oxygen atoms in total. The minimum absolute atomic E-state index is 0.00163. The van der Waals surface area contributed by atoms with Gasteiger partial charge in [0, 0.05) is 44.0 Å². The van der Waals surface area contributed by atoms with Crippen LogP contribution < -0.4 is 10.2 Å². The summed E-state index contributed by atoms with van der Waals surface area (Å²) in [5.41, 5.74) is 2.98. The molecule has 0 spiro atoms. The number of anilines is 2. The lowest BCUT2D eigenvalue weighted by Gasteiger charge is -2.36. The van der Waals surface area contributed by atoms with Crippen molar-refractivity contribution in [3.8, 4) is 0 Å². The van der Waals surface area contributed by atoms with Crippen LogP contribution in [-0.4, -0.2) is 53.0 Å². The summed E-state index contributed by atoms with van der Waals surface area (Å²) < 4.78 is 0. The van der Waals surface area contributed by atoms with E-state index < -0.39 is 0 Å². The van der Waals surface area contributed by atoms with Crippen molar-refractivity contribution in [3.05, 3.63) is 47.4 Å². The molecule has 1 amide bonds. The van der Waals surface area contributed by atoms with Gasteiger partial charge in [-0.1, -0.05) is 12.1 Å². The quantitative estimate of drug-likeness (QED) is 0.917. The van der Waals surface area contributed by atoms with Gasteiger partial charge in [-0.3, -0.25) is 4.79 Å². The number of aryl methyl sites for hydroxylation is 2. The van der Waals surface area contributed by atoms with Crippen LogP contribution in [0.25, 0.3) is 0 Å². The number of carbonyl (C=O) groups excluding carboxylic acids is 1. The van der Waals surface area contributed by atoms with E-state index in [2.05, 4.69) is 51.4 Å². The Labute approximate surface area is 154 Å². The minimum Gasteiger partial charge on any atom is -0.368 e. The Morgan fingerprint density at radius 2 is 1.85 bits per heavy atom. The Morgan fingerprint density at radius 3 is 2.54 bits per heavy atom. The molecule has 2 fully saturated rings. The van der Waals surface area contributed by atoms with Crippen LogP contribution in [-0.2, 0) is 0 Å². The van der Waals surface area contributed by atoms with Crippen LogP contribution in [0.5, 0.6) is 0 Å². The first-order chi connectivity index (χ1) is 12.6. The van der Waals surface area contributed by atoms with Crippen LogP contribution in [0.3, 0.4) is 0 Å². The number of aromatic nitrogens is 2. The molecule has 1 aromatic carbocycles. The van der Waals surface area contributed by atoms with Gasteiger partial charge in [-0.2, -0.15) is 0 Å². The maximum absolute atomic E-state index is 12.9. The largest absolute Gasteiger partial charge is 0.368 e. The minimum atomic E-state index is -0.00163. The first-order valence-corrected chi connectivity index (χ1v) is 9.31. The normalized spacial score (nSPS) is 17.3. The standard InChI is InChI=1S/C20H25N5O/c1-14-4-3-5-17(12-14)24-8-10-25(11-9-24)20(26)18-13-19(22-15(2)21-18)23-16-6-7-16/h3-5,12-13,16H,6-11H2,1-2H3,(H,21,22,23). The van der Waals surface area contributed by atoms with Crippen LogP contribution in [0.2, 0.25) is 0 Å². The monoisotopic (exact) mass is 351 g/mol. The Kier molecular flexibility index (Phi) is 4.49. The molecule has 1 aromatic heterocycles. The molecule has 1 aliphatic carbocycles. The molecule has 1 saturated carbocycles. The summed E-state index contributed by atoms with van der Waals surface area (Å²) >= 11 is 0. The van der Waals surface area contributed by atoms with Crippen LogP contribution in [0.4, 0.5) is 11.5 Å². The van der Waals surface area contributed by atoms with E-state index in [0.717, 1.165) is 18.9 Å². The van der Waals surface area contributed by atoms with Gasteiger partial charge in [-0.25, -0.2) is 9.97 Å². The summed E-state index contributed by atoms with van der Waals surface area (Å²) in [6, 6.07) is 10.8. The molecule has 0 unspecified atom stereocenters. The summed E-state index contributed by atoms with van der Waals surface area (Å²) in [7, 11) is 0. The second kappa shape index (κ2) is 6.94. The van der Waals surface area contributed by atoms with E-state index in [4.69, 9.17) is 0 Å². The average molecular weight is 351 g/mol. The summed E-state index contributed by atoms with van der Waals surface area (Å²) in [5, 5.41) is 3.36. The van der Waals surface area contributed by atoms with Crippen LogP contribution in [0.15, 0.2) is 30.3 Å². The van der Waals surface area contributed by atoms with Gasteiger partial charge in [0.15, 0.2) is 0 Å². The number of rotatable bonds is 4. The predicted molar refractivity (Wildman–Crippen MR) is 103 cm³/mol. The van der Waals surface area contributed by atoms with Crippen molar-refractivity contribution in [2.24, 2.45) is 0 Å². The second-order valence-electron chi connectivity index (χ2n) is 7.22. The smallest absolute Gasteiger partial charge is 0.272 e. The first-order valence-electron chi connectivity index (χ1n) is 9.31. The van der Waals surface area contributed by atoms with Gasteiger partial charge in [0.2, 0.25) is 0 Å². The number of nitrogens with zero attached hydrogens (tertiary/aromatic N) is 4. The van der Waals surface area contributed by atoms with Gasteiger partial charge in [-0.15, -0.1) is 0 Å². The molecule has 2 heterocycles. The third-order valence-electron chi connectivity index (χ3n) is 4.92. The van der Waals surface area contributed by atoms with E-state index in [-0.39, 0.29) is 5.91 Å². The van der Waals surface area contributed by atoms with Gasteiger partial charge in [0.25, 0.3) is 5.91 Å². The molecular formula is C20H25N5O. The predicted octanol–water partition coefficient (Wildman–Crippen LogP) is 2.63. The van der Waals surface area contributed by atoms with Crippen LogP contribution in [0, 0.1) is 13.8 Å². The van der Waals surface area contributed by atoms with E-state index in [9.17, 15) is 4.79 Å². The number of piperazine rings is 1. The molecule has 136 valence electrons. The van der Waals surface area contributed by atoms with E-state index >= 15 is 0 Å². The highest BCUT2D eigenvalue weighted by Crippen LogP contribution is 2.24. The van der Waals surface area contributed by atoms with Crippen molar-refractivity contribution in [1.29, 1.82) is 0 Å². The highest BCUT2D eigenvalue weighted by molar-refractivity contribution is 5.93. The summed E-state index contributed by atoms with van der Waals surface area (Å²) in [6.07, 6.45) is 2.35. The van der Waals surface area contributed by atoms with Crippen LogP contribution >= 0.6 is 0 Å². The van der Waals surface area contributed by atoms with E-state index in [1.165, 1.54) is 24.1 Å². The maximum atomic E-state index is 12.9. The molecule has 0 atom stereocenters. The molecule has 1 N–H and O–H groups in total. The van der Waals surface area contributed by atoms with Crippen molar-refractivity contribution in [1.82, 2.24) is 14.9 Å². The number of hydrogen-bond acceptors (Lipinski definition) is 5. The molecule has 0 bridgehead atoms. The van der Waals surface area contributed by atoms with E-state index in [0.29, 0.717) is 30.6 Å². The van der Waals surface area contributed by atoms with Gasteiger partial charge >= 0.3 is 0 Å². The molecule has 26 heavy (non-hydrogen) atoms. The molecule has 1 aliphatic heterocycles. The van der Waals surface area contributed by atoms with Crippen LogP contribution in [0.1, 0.15) is 34.7 Å². The fourth-order valence-corrected chi connectivity index (χ4v) is 3.34. The van der Waals surface area contributed by atoms with Crippen molar-refractivity contribution in [2.75, 3.05) is 36.4 Å². The topological polar surface area (TPSA) is 61.4 Å². The molecule has 2 aromatic rings. The Balaban J connectivity index is 1.42. The number of benzene rings is 1. The lowest BCUT2D eigenvalue weighted by Crippen LogP contribution is -2.49. The molecule has 0 radical (unpaired) electrons. The SMILES string of the molecule is Cc1cccc(N2CCN(C(=O)c3cc(NC4CC4)nc(C)n3)CC2)c1. The lowest BCUT2D eigenvalue weighted by atomic mass is 10.2. The third-order valence-corrected chi connectivity index (χ3v) is 4.92. The number of hydrogen-bond donors (Lipinski definition) is 1. The van der Waals surface area contributed by atoms with E-state index in [1.807, 2.05) is 11.8 Å². The van der Waals surface area contributed by atoms with Gasteiger partial charge in [-0.05, 0) is 44.4 Å². The number of nitrogens with one attached hydrogen (secondary N) is 1. The summed E-state index contributed by atoms with van der Waals surface area (Å²) in [6.45, 7) is 7.04. The molecule has 4 rings (SSSR count). The third kappa shape index (κ3) is 3.79.